The summed E-state index contributed by atoms with van der Waals surface area (Å²) < 4.78 is 0. The van der Waals surface area contributed by atoms with Gasteiger partial charge in [0.05, 0.1) is 10.7 Å². The van der Waals surface area contributed by atoms with Crippen molar-refractivity contribution >= 4 is 34.9 Å². The minimum Gasteiger partial charge on any atom is -0.481 e. The van der Waals surface area contributed by atoms with Gasteiger partial charge in [0.2, 0.25) is 0 Å². The normalized spacial score (nSPS) is 10.3. The van der Waals surface area contributed by atoms with Crippen LogP contribution in [0.5, 0.6) is 0 Å². The fourth-order valence-electron chi connectivity index (χ4n) is 1.41. The van der Waals surface area contributed by atoms with Crippen LogP contribution in [0.3, 0.4) is 0 Å². The molecule has 0 fully saturated rings. The van der Waals surface area contributed by atoms with Crippen LogP contribution in [0.1, 0.15) is 24.8 Å². The molecule has 0 aliphatic heterocycles. The van der Waals surface area contributed by atoms with E-state index < -0.39 is 5.97 Å². The molecule has 0 aromatic heterocycles. The monoisotopic (exact) mass is 275 g/mol. The number of carbonyl (C=O) groups is 1. The number of hydrogen-bond acceptors (Lipinski definition) is 2. The lowest BCUT2D eigenvalue weighted by molar-refractivity contribution is -0.137. The molecule has 94 valence electrons. The highest BCUT2D eigenvalue weighted by Gasteiger charge is 2.04. The Balaban J connectivity index is 2.41. The van der Waals surface area contributed by atoms with Gasteiger partial charge in [0.25, 0.3) is 0 Å². The number of benzene rings is 1. The molecule has 2 N–H and O–H groups in total. The van der Waals surface area contributed by atoms with E-state index in [9.17, 15) is 4.79 Å². The van der Waals surface area contributed by atoms with Crippen molar-refractivity contribution in [2.45, 2.75) is 26.2 Å². The van der Waals surface area contributed by atoms with E-state index in [1.807, 2.05) is 13.0 Å². The van der Waals surface area contributed by atoms with E-state index in [-0.39, 0.29) is 6.42 Å². The molecule has 1 aromatic rings. The molecule has 0 bridgehead atoms. The lowest BCUT2D eigenvalue weighted by Crippen LogP contribution is -2.03. The van der Waals surface area contributed by atoms with Crippen LogP contribution in [-0.4, -0.2) is 17.6 Å². The fourth-order valence-corrected chi connectivity index (χ4v) is 1.85. The molecule has 5 heteroatoms. The van der Waals surface area contributed by atoms with Crippen molar-refractivity contribution in [2.75, 3.05) is 11.9 Å². The third-order valence-corrected chi connectivity index (χ3v) is 3.10. The molecular formula is C12H15Cl2NO2. The minimum atomic E-state index is -0.763. The quantitative estimate of drug-likeness (QED) is 0.773. The predicted molar refractivity (Wildman–Crippen MR) is 71.2 cm³/mol. The molecule has 0 saturated carbocycles. The Bertz CT molecular complexity index is 408. The molecule has 0 aliphatic carbocycles. The zero-order valence-electron chi connectivity index (χ0n) is 9.59. The predicted octanol–water partition coefficient (Wildman–Crippen LogP) is 3.97. The van der Waals surface area contributed by atoms with Gasteiger partial charge in [-0.25, -0.2) is 0 Å². The SMILES string of the molecule is Cc1cc(Cl)c(NCCCCC(=O)O)cc1Cl. The molecule has 3 nitrogen and oxygen atoms in total. The van der Waals surface area contributed by atoms with Crippen LogP contribution in [0.2, 0.25) is 10.0 Å². The number of aryl methyl sites for hydroxylation is 1. The largest absolute Gasteiger partial charge is 0.481 e. The Morgan fingerprint density at radius 2 is 2.00 bits per heavy atom. The van der Waals surface area contributed by atoms with Gasteiger partial charge in [-0.3, -0.25) is 4.79 Å². The van der Waals surface area contributed by atoms with Crippen molar-refractivity contribution < 1.29 is 9.90 Å². The Hall–Kier alpha value is -0.930. The number of halogens is 2. The topological polar surface area (TPSA) is 49.3 Å². The summed E-state index contributed by atoms with van der Waals surface area (Å²) in [4.78, 5) is 10.3. The molecule has 0 aliphatic rings. The summed E-state index contributed by atoms with van der Waals surface area (Å²) >= 11 is 12.0. The lowest BCUT2D eigenvalue weighted by atomic mass is 10.2. The summed E-state index contributed by atoms with van der Waals surface area (Å²) in [5.74, 6) is -0.763. The highest BCUT2D eigenvalue weighted by Crippen LogP contribution is 2.28. The minimum absolute atomic E-state index is 0.198. The second kappa shape index (κ2) is 6.72. The molecule has 1 rings (SSSR count). The van der Waals surface area contributed by atoms with Crippen molar-refractivity contribution in [3.63, 3.8) is 0 Å². The number of aliphatic carboxylic acids is 1. The van der Waals surface area contributed by atoms with Crippen LogP contribution in [0.15, 0.2) is 12.1 Å². The number of carboxylic acid groups (broad SMARTS) is 1. The Morgan fingerprint density at radius 1 is 1.29 bits per heavy atom. The van der Waals surface area contributed by atoms with Gasteiger partial charge in [-0.1, -0.05) is 23.2 Å². The smallest absolute Gasteiger partial charge is 0.303 e. The second-order valence-electron chi connectivity index (χ2n) is 3.86. The number of carboxylic acids is 1. The van der Waals surface area contributed by atoms with E-state index in [0.29, 0.717) is 23.0 Å². The summed E-state index contributed by atoms with van der Waals surface area (Å²) in [6.45, 7) is 2.58. The number of nitrogens with one attached hydrogen (secondary N) is 1. The maximum atomic E-state index is 10.3. The molecule has 0 amide bonds. The standard InChI is InChI=1S/C12H15Cl2NO2/c1-8-6-10(14)11(7-9(8)13)15-5-3-2-4-12(16)17/h6-7,15H,2-5H2,1H3,(H,16,17). The average Bonchev–Trinajstić information content (AvgIpc) is 2.24. The van der Waals surface area contributed by atoms with Gasteiger partial charge in [0.1, 0.15) is 0 Å². The van der Waals surface area contributed by atoms with E-state index in [1.54, 1.807) is 6.07 Å². The van der Waals surface area contributed by atoms with Gasteiger partial charge >= 0.3 is 5.97 Å². The highest BCUT2D eigenvalue weighted by molar-refractivity contribution is 6.35. The molecule has 0 saturated heterocycles. The van der Waals surface area contributed by atoms with Crippen LogP contribution in [0, 0.1) is 6.92 Å². The van der Waals surface area contributed by atoms with Gasteiger partial charge in [0, 0.05) is 18.0 Å². The molecule has 1 aromatic carbocycles. The maximum Gasteiger partial charge on any atom is 0.303 e. The van der Waals surface area contributed by atoms with Crippen LogP contribution < -0.4 is 5.32 Å². The summed E-state index contributed by atoms with van der Waals surface area (Å²) in [5.41, 5.74) is 1.73. The summed E-state index contributed by atoms with van der Waals surface area (Å²) in [6, 6.07) is 3.60. The van der Waals surface area contributed by atoms with Crippen LogP contribution in [0.25, 0.3) is 0 Å². The Morgan fingerprint density at radius 3 is 2.65 bits per heavy atom. The average molecular weight is 276 g/mol. The summed E-state index contributed by atoms with van der Waals surface area (Å²) in [7, 11) is 0. The first kappa shape index (κ1) is 14.1. The molecular weight excluding hydrogens is 261 g/mol. The van der Waals surface area contributed by atoms with Crippen molar-refractivity contribution in [3.05, 3.63) is 27.7 Å². The maximum absolute atomic E-state index is 10.3. The van der Waals surface area contributed by atoms with Gasteiger partial charge in [-0.2, -0.15) is 0 Å². The first-order chi connectivity index (χ1) is 8.00. The van der Waals surface area contributed by atoms with Gasteiger partial charge < -0.3 is 10.4 Å². The van der Waals surface area contributed by atoms with Gasteiger partial charge in [-0.05, 0) is 37.5 Å². The molecule has 17 heavy (non-hydrogen) atoms. The van der Waals surface area contributed by atoms with Crippen LogP contribution >= 0.6 is 23.2 Å². The molecule has 0 atom stereocenters. The van der Waals surface area contributed by atoms with E-state index in [4.69, 9.17) is 28.3 Å². The van der Waals surface area contributed by atoms with E-state index in [0.717, 1.165) is 17.7 Å². The first-order valence-corrected chi connectivity index (χ1v) is 6.17. The molecule has 0 radical (unpaired) electrons. The molecule has 0 spiro atoms. The number of anilines is 1. The van der Waals surface area contributed by atoms with Crippen molar-refractivity contribution in [1.29, 1.82) is 0 Å². The van der Waals surface area contributed by atoms with Crippen molar-refractivity contribution in [1.82, 2.24) is 0 Å². The third kappa shape index (κ3) is 4.84. The number of rotatable bonds is 6. The zero-order valence-corrected chi connectivity index (χ0v) is 11.1. The summed E-state index contributed by atoms with van der Waals surface area (Å²) in [5, 5.41) is 12.9. The fraction of sp³-hybridized carbons (Fsp3) is 0.417. The van der Waals surface area contributed by atoms with Gasteiger partial charge in [0.15, 0.2) is 0 Å². The third-order valence-electron chi connectivity index (χ3n) is 2.38. The second-order valence-corrected chi connectivity index (χ2v) is 4.67. The highest BCUT2D eigenvalue weighted by atomic mass is 35.5. The molecule has 0 unspecified atom stereocenters. The zero-order chi connectivity index (χ0) is 12.8. The summed E-state index contributed by atoms with van der Waals surface area (Å²) in [6.07, 6.45) is 1.64. The Labute approximate surface area is 111 Å². The van der Waals surface area contributed by atoms with Crippen molar-refractivity contribution in [3.8, 4) is 0 Å². The van der Waals surface area contributed by atoms with Crippen LogP contribution in [-0.2, 0) is 4.79 Å². The van der Waals surface area contributed by atoms with E-state index >= 15 is 0 Å². The lowest BCUT2D eigenvalue weighted by Gasteiger charge is -2.09. The first-order valence-electron chi connectivity index (χ1n) is 5.42. The Kier molecular flexibility index (Phi) is 5.59. The van der Waals surface area contributed by atoms with E-state index in [2.05, 4.69) is 5.32 Å². The van der Waals surface area contributed by atoms with E-state index in [1.165, 1.54) is 0 Å². The number of hydrogen-bond donors (Lipinski definition) is 2. The molecule has 0 heterocycles. The van der Waals surface area contributed by atoms with Gasteiger partial charge in [-0.15, -0.1) is 0 Å². The van der Waals surface area contributed by atoms with Crippen LogP contribution in [0.4, 0.5) is 5.69 Å². The number of unbranched alkanes of at least 4 members (excludes halogenated alkanes) is 1. The van der Waals surface area contributed by atoms with Crippen molar-refractivity contribution in [2.24, 2.45) is 0 Å².